The normalized spacial score (nSPS) is 13.3. The molecule has 2 heterocycles. The molecule has 1 aromatic carbocycles. The smallest absolute Gasteiger partial charge is 0.262 e. The Labute approximate surface area is 123 Å². The van der Waals surface area contributed by atoms with Crippen molar-refractivity contribution >= 4 is 27.5 Å². The van der Waals surface area contributed by atoms with Gasteiger partial charge in [-0.15, -0.1) is 0 Å². The number of hydrogen-bond donors (Lipinski definition) is 1. The summed E-state index contributed by atoms with van der Waals surface area (Å²) >= 11 is 3.34. The lowest BCUT2D eigenvalue weighted by Crippen LogP contribution is -2.26. The predicted octanol–water partition coefficient (Wildman–Crippen LogP) is 2.06. The number of para-hydroxylation sites is 1. The van der Waals surface area contributed by atoms with Gasteiger partial charge in [0.05, 0.1) is 17.2 Å². The van der Waals surface area contributed by atoms with E-state index in [1.807, 2.05) is 12.3 Å². The van der Waals surface area contributed by atoms with Crippen LogP contribution in [0.4, 0.5) is 5.69 Å². The lowest BCUT2D eigenvalue weighted by molar-refractivity contribution is -0.118. The molecule has 0 saturated heterocycles. The highest BCUT2D eigenvalue weighted by Gasteiger charge is 2.19. The molecule has 104 valence electrons. The Morgan fingerprint density at radius 1 is 1.50 bits per heavy atom. The monoisotopic (exact) mass is 337 g/mol. The first-order valence-electron chi connectivity index (χ1n) is 6.09. The van der Waals surface area contributed by atoms with Crippen LogP contribution in [0.15, 0.2) is 35.1 Å². The minimum absolute atomic E-state index is 0.0395. The van der Waals surface area contributed by atoms with Gasteiger partial charge in [-0.1, -0.05) is 6.07 Å². The topological polar surface area (TPSA) is 65.4 Å². The van der Waals surface area contributed by atoms with Gasteiger partial charge in [0.2, 0.25) is 0 Å². The van der Waals surface area contributed by atoms with E-state index in [-0.39, 0.29) is 12.5 Å². The first kappa shape index (κ1) is 13.0. The second kappa shape index (κ2) is 5.54. The third-order valence-corrected chi connectivity index (χ3v) is 3.20. The van der Waals surface area contributed by atoms with Gasteiger partial charge in [-0.05, 0) is 28.1 Å². The number of hydrogen-bond acceptors (Lipinski definition) is 4. The summed E-state index contributed by atoms with van der Waals surface area (Å²) in [6.07, 6.45) is 3.59. The molecule has 0 bridgehead atoms. The molecule has 1 aliphatic rings. The molecule has 0 spiro atoms. The van der Waals surface area contributed by atoms with E-state index in [0.717, 1.165) is 4.47 Å². The molecular formula is C13H12BrN3O3. The van der Waals surface area contributed by atoms with Crippen LogP contribution in [0.1, 0.15) is 0 Å². The van der Waals surface area contributed by atoms with Crippen molar-refractivity contribution in [3.8, 4) is 11.5 Å². The van der Waals surface area contributed by atoms with Crippen LogP contribution < -0.4 is 14.8 Å². The van der Waals surface area contributed by atoms with Crippen molar-refractivity contribution in [1.29, 1.82) is 0 Å². The average molecular weight is 338 g/mol. The minimum atomic E-state index is -0.176. The third-order valence-electron chi connectivity index (χ3n) is 2.79. The summed E-state index contributed by atoms with van der Waals surface area (Å²) in [5.41, 5.74) is 0.588. The van der Waals surface area contributed by atoms with Gasteiger partial charge >= 0.3 is 0 Å². The number of amides is 1. The molecule has 1 aliphatic heterocycles. The van der Waals surface area contributed by atoms with Crippen molar-refractivity contribution in [3.05, 3.63) is 35.1 Å². The van der Waals surface area contributed by atoms with Crippen LogP contribution in [0, 0.1) is 0 Å². The quantitative estimate of drug-likeness (QED) is 0.927. The van der Waals surface area contributed by atoms with Crippen LogP contribution in [-0.2, 0) is 11.3 Å². The Hall–Kier alpha value is -2.02. The number of ether oxygens (including phenoxy) is 2. The van der Waals surface area contributed by atoms with Crippen molar-refractivity contribution in [2.45, 2.75) is 6.54 Å². The molecule has 1 aromatic heterocycles. The SMILES string of the molecule is O=C1COc2cccc(OCCn3cc(Br)cn3)c2N1. The third kappa shape index (κ3) is 2.77. The van der Waals surface area contributed by atoms with E-state index in [1.54, 1.807) is 23.0 Å². The molecule has 0 radical (unpaired) electrons. The van der Waals surface area contributed by atoms with Crippen molar-refractivity contribution in [1.82, 2.24) is 9.78 Å². The average Bonchev–Trinajstić information content (AvgIpc) is 2.85. The molecule has 3 rings (SSSR count). The zero-order chi connectivity index (χ0) is 13.9. The largest absolute Gasteiger partial charge is 0.489 e. The molecule has 0 atom stereocenters. The summed E-state index contributed by atoms with van der Waals surface area (Å²) < 4.78 is 13.7. The fourth-order valence-electron chi connectivity index (χ4n) is 1.90. The molecule has 2 aromatic rings. The van der Waals surface area contributed by atoms with E-state index < -0.39 is 0 Å². The molecular weight excluding hydrogens is 326 g/mol. The van der Waals surface area contributed by atoms with Crippen LogP contribution >= 0.6 is 15.9 Å². The van der Waals surface area contributed by atoms with Gasteiger partial charge in [0.25, 0.3) is 5.91 Å². The van der Waals surface area contributed by atoms with Gasteiger partial charge in [0, 0.05) is 6.20 Å². The molecule has 0 saturated carbocycles. The summed E-state index contributed by atoms with van der Waals surface area (Å²) in [7, 11) is 0. The van der Waals surface area contributed by atoms with E-state index in [4.69, 9.17) is 9.47 Å². The van der Waals surface area contributed by atoms with Gasteiger partial charge < -0.3 is 14.8 Å². The van der Waals surface area contributed by atoms with E-state index in [2.05, 4.69) is 26.3 Å². The van der Waals surface area contributed by atoms with E-state index >= 15 is 0 Å². The van der Waals surface area contributed by atoms with E-state index in [9.17, 15) is 4.79 Å². The maximum Gasteiger partial charge on any atom is 0.262 e. The van der Waals surface area contributed by atoms with E-state index in [1.165, 1.54) is 0 Å². The van der Waals surface area contributed by atoms with Crippen LogP contribution in [0.3, 0.4) is 0 Å². The second-order valence-corrected chi connectivity index (χ2v) is 5.15. The standard InChI is InChI=1S/C13H12BrN3O3/c14-9-6-15-17(7-9)4-5-19-10-2-1-3-11-13(10)16-12(18)8-20-11/h1-3,6-7H,4-5,8H2,(H,16,18). The molecule has 7 heteroatoms. The molecule has 0 fully saturated rings. The number of rotatable bonds is 4. The number of benzene rings is 1. The highest BCUT2D eigenvalue weighted by Crippen LogP contribution is 2.36. The predicted molar refractivity (Wildman–Crippen MR) is 76.0 cm³/mol. The fourth-order valence-corrected chi connectivity index (χ4v) is 2.23. The number of carbonyl (C=O) groups is 1. The highest BCUT2D eigenvalue weighted by molar-refractivity contribution is 9.10. The number of nitrogens with zero attached hydrogens (tertiary/aromatic N) is 2. The Morgan fingerprint density at radius 3 is 3.20 bits per heavy atom. The lowest BCUT2D eigenvalue weighted by atomic mass is 10.2. The Balaban J connectivity index is 1.67. The van der Waals surface area contributed by atoms with Crippen LogP contribution in [-0.4, -0.2) is 28.9 Å². The molecule has 0 aliphatic carbocycles. The number of fused-ring (bicyclic) bond motifs is 1. The zero-order valence-electron chi connectivity index (χ0n) is 10.5. The molecule has 6 nitrogen and oxygen atoms in total. The lowest BCUT2D eigenvalue weighted by Gasteiger charge is -2.20. The molecule has 20 heavy (non-hydrogen) atoms. The van der Waals surface area contributed by atoms with Gasteiger partial charge in [-0.25, -0.2) is 0 Å². The summed E-state index contributed by atoms with van der Waals surface area (Å²) in [5.74, 6) is 1.05. The Kier molecular flexibility index (Phi) is 3.60. The molecule has 0 unspecified atom stereocenters. The maximum atomic E-state index is 11.4. The summed E-state index contributed by atoms with van der Waals surface area (Å²) in [6.45, 7) is 1.10. The Bertz CT molecular complexity index is 642. The molecule has 1 amide bonds. The minimum Gasteiger partial charge on any atom is -0.489 e. The van der Waals surface area contributed by atoms with Crippen molar-refractivity contribution < 1.29 is 14.3 Å². The fraction of sp³-hybridized carbons (Fsp3) is 0.231. The number of halogens is 1. The summed E-state index contributed by atoms with van der Waals surface area (Å²) in [4.78, 5) is 11.4. The number of anilines is 1. The molecule has 1 N–H and O–H groups in total. The number of nitrogens with one attached hydrogen (secondary N) is 1. The van der Waals surface area contributed by atoms with E-state index in [0.29, 0.717) is 30.3 Å². The van der Waals surface area contributed by atoms with Crippen molar-refractivity contribution in [2.75, 3.05) is 18.5 Å². The zero-order valence-corrected chi connectivity index (χ0v) is 12.1. The van der Waals surface area contributed by atoms with Crippen molar-refractivity contribution in [3.63, 3.8) is 0 Å². The second-order valence-electron chi connectivity index (χ2n) is 4.24. The van der Waals surface area contributed by atoms with Gasteiger partial charge in [-0.2, -0.15) is 5.10 Å². The highest BCUT2D eigenvalue weighted by atomic mass is 79.9. The van der Waals surface area contributed by atoms with Gasteiger partial charge in [-0.3, -0.25) is 9.48 Å². The van der Waals surface area contributed by atoms with Crippen molar-refractivity contribution in [2.24, 2.45) is 0 Å². The summed E-state index contributed by atoms with van der Waals surface area (Å²) in [6, 6.07) is 5.43. The first-order chi connectivity index (χ1) is 9.72. The Morgan fingerprint density at radius 2 is 2.40 bits per heavy atom. The van der Waals surface area contributed by atoms with Crippen LogP contribution in [0.2, 0.25) is 0 Å². The maximum absolute atomic E-state index is 11.4. The van der Waals surface area contributed by atoms with Crippen LogP contribution in [0.5, 0.6) is 11.5 Å². The van der Waals surface area contributed by atoms with Gasteiger partial charge in [0.15, 0.2) is 6.61 Å². The summed E-state index contributed by atoms with van der Waals surface area (Å²) in [5, 5.41) is 6.90. The first-order valence-corrected chi connectivity index (χ1v) is 6.88. The number of carbonyl (C=O) groups excluding carboxylic acids is 1. The number of aromatic nitrogens is 2. The van der Waals surface area contributed by atoms with Crippen LogP contribution in [0.25, 0.3) is 0 Å². The van der Waals surface area contributed by atoms with Gasteiger partial charge in [0.1, 0.15) is 23.8 Å².